The van der Waals surface area contributed by atoms with Gasteiger partial charge in [-0.25, -0.2) is 14.4 Å². The van der Waals surface area contributed by atoms with Crippen molar-refractivity contribution in [3.8, 4) is 10.7 Å². The third-order valence-corrected chi connectivity index (χ3v) is 5.76. The Balaban J connectivity index is 1.41. The van der Waals surface area contributed by atoms with Gasteiger partial charge in [0.05, 0.1) is 10.6 Å². The quantitative estimate of drug-likeness (QED) is 0.587. The molecule has 1 aliphatic rings. The molecule has 0 saturated heterocycles. The molecule has 26 heavy (non-hydrogen) atoms. The van der Waals surface area contributed by atoms with Gasteiger partial charge < -0.3 is 4.98 Å². The maximum atomic E-state index is 13.6. The molecule has 0 aliphatic carbocycles. The van der Waals surface area contributed by atoms with Crippen molar-refractivity contribution in [3.05, 3.63) is 70.7 Å². The summed E-state index contributed by atoms with van der Waals surface area (Å²) in [5.41, 5.74) is 4.42. The number of hydrogen-bond donors (Lipinski definition) is 1. The van der Waals surface area contributed by atoms with Gasteiger partial charge in [-0.15, -0.1) is 11.3 Å². The van der Waals surface area contributed by atoms with Crippen molar-refractivity contribution in [1.82, 2.24) is 19.9 Å². The van der Waals surface area contributed by atoms with E-state index in [0.29, 0.717) is 0 Å². The molecule has 4 nitrogen and oxygen atoms in total. The van der Waals surface area contributed by atoms with Crippen molar-refractivity contribution >= 4 is 22.2 Å². The molecule has 0 spiro atoms. The van der Waals surface area contributed by atoms with Crippen LogP contribution >= 0.6 is 11.3 Å². The van der Waals surface area contributed by atoms with Crippen LogP contribution in [0.15, 0.2) is 48.1 Å². The molecule has 0 saturated carbocycles. The molecule has 0 fully saturated rings. The van der Waals surface area contributed by atoms with Crippen molar-refractivity contribution in [2.24, 2.45) is 0 Å². The number of nitrogens with one attached hydrogen (secondary N) is 1. The molecule has 4 heterocycles. The van der Waals surface area contributed by atoms with Crippen LogP contribution in [-0.2, 0) is 19.5 Å². The Hall–Kier alpha value is -2.57. The van der Waals surface area contributed by atoms with Gasteiger partial charge in [-0.3, -0.25) is 4.90 Å². The SMILES string of the molecule is Fc1ccc2[nH]cc(CN3CCc4cnc(-c5cccs5)nc4C3)c2c1. The highest BCUT2D eigenvalue weighted by atomic mass is 32.1. The summed E-state index contributed by atoms with van der Waals surface area (Å²) < 4.78 is 13.6. The van der Waals surface area contributed by atoms with Crippen LogP contribution in [0.2, 0.25) is 0 Å². The fourth-order valence-corrected chi connectivity index (χ4v) is 4.20. The normalized spacial score (nSPS) is 14.7. The van der Waals surface area contributed by atoms with E-state index in [9.17, 15) is 4.39 Å². The zero-order chi connectivity index (χ0) is 17.5. The Bertz CT molecular complexity index is 1070. The monoisotopic (exact) mass is 364 g/mol. The molecule has 4 aromatic rings. The predicted octanol–water partition coefficient (Wildman–Crippen LogP) is 4.38. The molecule has 6 heteroatoms. The summed E-state index contributed by atoms with van der Waals surface area (Å²) in [7, 11) is 0. The highest BCUT2D eigenvalue weighted by Gasteiger charge is 2.20. The van der Waals surface area contributed by atoms with Crippen LogP contribution in [0.1, 0.15) is 16.8 Å². The number of rotatable bonds is 3. The number of aromatic nitrogens is 3. The lowest BCUT2D eigenvalue weighted by molar-refractivity contribution is 0.242. The first-order valence-corrected chi connectivity index (χ1v) is 9.51. The molecule has 1 aromatic carbocycles. The van der Waals surface area contributed by atoms with Gasteiger partial charge in [0.15, 0.2) is 5.82 Å². The molecule has 5 rings (SSSR count). The average Bonchev–Trinajstić information content (AvgIpc) is 3.32. The molecule has 130 valence electrons. The first-order chi connectivity index (χ1) is 12.8. The van der Waals surface area contributed by atoms with E-state index < -0.39 is 0 Å². The lowest BCUT2D eigenvalue weighted by Crippen LogP contribution is -2.31. The molecule has 1 N–H and O–H groups in total. The van der Waals surface area contributed by atoms with Crippen LogP contribution in [0.5, 0.6) is 0 Å². The third kappa shape index (κ3) is 2.81. The number of nitrogens with zero attached hydrogens (tertiary/aromatic N) is 3. The highest BCUT2D eigenvalue weighted by Crippen LogP contribution is 2.26. The van der Waals surface area contributed by atoms with Crippen molar-refractivity contribution in [2.45, 2.75) is 19.5 Å². The van der Waals surface area contributed by atoms with E-state index in [4.69, 9.17) is 4.98 Å². The molecular formula is C20H17FN4S. The van der Waals surface area contributed by atoms with Gasteiger partial charge in [0.25, 0.3) is 0 Å². The van der Waals surface area contributed by atoms with Crippen molar-refractivity contribution in [2.75, 3.05) is 6.54 Å². The minimum absolute atomic E-state index is 0.198. The van der Waals surface area contributed by atoms with E-state index in [-0.39, 0.29) is 5.82 Å². The molecule has 1 aliphatic heterocycles. The largest absolute Gasteiger partial charge is 0.361 e. The maximum Gasteiger partial charge on any atom is 0.169 e. The van der Waals surface area contributed by atoms with Crippen molar-refractivity contribution in [1.29, 1.82) is 0 Å². The molecule has 0 amide bonds. The van der Waals surface area contributed by atoms with E-state index in [1.165, 1.54) is 11.6 Å². The van der Waals surface area contributed by atoms with Crippen molar-refractivity contribution in [3.63, 3.8) is 0 Å². The van der Waals surface area contributed by atoms with Gasteiger partial charge in [0.1, 0.15) is 5.82 Å². The van der Waals surface area contributed by atoms with Crippen LogP contribution < -0.4 is 0 Å². The second-order valence-corrected chi connectivity index (χ2v) is 7.56. The molecule has 3 aromatic heterocycles. The van der Waals surface area contributed by atoms with Gasteiger partial charge >= 0.3 is 0 Å². The highest BCUT2D eigenvalue weighted by molar-refractivity contribution is 7.13. The number of thiophene rings is 1. The van der Waals surface area contributed by atoms with E-state index in [2.05, 4.69) is 14.9 Å². The molecule has 0 unspecified atom stereocenters. The Morgan fingerprint density at radius 2 is 2.23 bits per heavy atom. The minimum atomic E-state index is -0.198. The number of fused-ring (bicyclic) bond motifs is 2. The van der Waals surface area contributed by atoms with E-state index in [1.54, 1.807) is 23.5 Å². The lowest BCUT2D eigenvalue weighted by atomic mass is 10.1. The first-order valence-electron chi connectivity index (χ1n) is 8.63. The predicted molar refractivity (Wildman–Crippen MR) is 101 cm³/mol. The van der Waals surface area contributed by atoms with E-state index in [0.717, 1.165) is 58.9 Å². The summed E-state index contributed by atoms with van der Waals surface area (Å²) in [6.07, 6.45) is 4.89. The summed E-state index contributed by atoms with van der Waals surface area (Å²) in [4.78, 5) is 16.0. The Labute approximate surface area is 154 Å². The van der Waals surface area contributed by atoms with Crippen LogP contribution in [0.3, 0.4) is 0 Å². The van der Waals surface area contributed by atoms with Crippen molar-refractivity contribution < 1.29 is 4.39 Å². The fourth-order valence-electron chi connectivity index (χ4n) is 3.54. The summed E-state index contributed by atoms with van der Waals surface area (Å²) in [6.45, 7) is 2.52. The number of hydrogen-bond acceptors (Lipinski definition) is 4. The van der Waals surface area contributed by atoms with E-state index >= 15 is 0 Å². The fraction of sp³-hybridized carbons (Fsp3) is 0.200. The second-order valence-electron chi connectivity index (χ2n) is 6.61. The topological polar surface area (TPSA) is 44.8 Å². The summed E-state index contributed by atoms with van der Waals surface area (Å²) in [6, 6.07) is 8.96. The van der Waals surface area contributed by atoms with E-state index in [1.807, 2.05) is 29.9 Å². The van der Waals surface area contributed by atoms with Crippen LogP contribution in [-0.4, -0.2) is 26.4 Å². The van der Waals surface area contributed by atoms with Gasteiger partial charge in [-0.2, -0.15) is 0 Å². The Kier molecular flexibility index (Phi) is 3.80. The molecule has 0 atom stereocenters. The van der Waals surface area contributed by atoms with Gasteiger partial charge in [-0.1, -0.05) is 6.07 Å². The number of benzene rings is 1. The summed E-state index contributed by atoms with van der Waals surface area (Å²) in [5, 5.41) is 3.00. The third-order valence-electron chi connectivity index (χ3n) is 4.89. The average molecular weight is 364 g/mol. The van der Waals surface area contributed by atoms with Crippen LogP contribution in [0.4, 0.5) is 4.39 Å². The zero-order valence-electron chi connectivity index (χ0n) is 14.1. The number of H-pyrrole nitrogens is 1. The summed E-state index contributed by atoms with van der Waals surface area (Å²) >= 11 is 1.66. The first kappa shape index (κ1) is 15.7. The second kappa shape index (κ2) is 6.30. The lowest BCUT2D eigenvalue weighted by Gasteiger charge is -2.27. The zero-order valence-corrected chi connectivity index (χ0v) is 14.9. The number of halogens is 1. The molecule has 0 bridgehead atoms. The Morgan fingerprint density at radius 1 is 1.27 bits per heavy atom. The van der Waals surface area contributed by atoms with Gasteiger partial charge in [0.2, 0.25) is 0 Å². The van der Waals surface area contributed by atoms with Crippen LogP contribution in [0, 0.1) is 5.82 Å². The number of aromatic amines is 1. The standard InChI is InChI=1S/C20H17FN4S/c21-15-3-4-17-16(8-15)14(10-22-17)11-25-6-5-13-9-23-20(24-18(13)12-25)19-2-1-7-26-19/h1-4,7-10,22H,5-6,11-12H2. The molecular weight excluding hydrogens is 347 g/mol. The van der Waals surface area contributed by atoms with Gasteiger partial charge in [-0.05, 0) is 47.2 Å². The van der Waals surface area contributed by atoms with Crippen LogP contribution in [0.25, 0.3) is 21.6 Å². The molecule has 0 radical (unpaired) electrons. The minimum Gasteiger partial charge on any atom is -0.361 e. The smallest absolute Gasteiger partial charge is 0.169 e. The maximum absolute atomic E-state index is 13.6. The Morgan fingerprint density at radius 3 is 3.12 bits per heavy atom. The van der Waals surface area contributed by atoms with Gasteiger partial charge in [0, 0.05) is 42.9 Å². The summed E-state index contributed by atoms with van der Waals surface area (Å²) in [5.74, 6) is 0.602.